The molecule has 0 saturated heterocycles. The summed E-state index contributed by atoms with van der Waals surface area (Å²) in [5, 5.41) is -1.15. The first-order valence-electron chi connectivity index (χ1n) is 8.47. The van der Waals surface area contributed by atoms with E-state index in [-0.39, 0.29) is 19.8 Å². The van der Waals surface area contributed by atoms with Gasteiger partial charge in [0.25, 0.3) is 0 Å². The summed E-state index contributed by atoms with van der Waals surface area (Å²) in [7, 11) is -4.94. The van der Waals surface area contributed by atoms with Gasteiger partial charge in [-0.05, 0) is 31.4 Å². The minimum absolute atomic E-state index is 0.158. The molecule has 0 heterocycles. The maximum atomic E-state index is 15.1. The molecule has 0 bridgehead atoms. The Morgan fingerprint density at radius 3 is 1.81 bits per heavy atom. The van der Waals surface area contributed by atoms with Gasteiger partial charge in [-0.3, -0.25) is 0 Å². The Bertz CT molecular complexity index is 543. The minimum atomic E-state index is -4.94. The van der Waals surface area contributed by atoms with E-state index >= 15 is 8.78 Å². The fourth-order valence-corrected chi connectivity index (χ4v) is 4.56. The van der Waals surface area contributed by atoms with E-state index in [1.807, 2.05) is 0 Å². The van der Waals surface area contributed by atoms with Crippen LogP contribution in [0.5, 0.6) is 0 Å². The van der Waals surface area contributed by atoms with Crippen molar-refractivity contribution in [3.05, 3.63) is 29.8 Å². The third-order valence-electron chi connectivity index (χ3n) is 3.25. The molecular weight excluding hydrogens is 377 g/mol. The van der Waals surface area contributed by atoms with Crippen LogP contribution in [0.2, 0.25) is 0 Å². The Hall–Kier alpha value is -1.23. The predicted octanol–water partition coefficient (Wildman–Crippen LogP) is 5.01. The Labute approximate surface area is 151 Å². The summed E-state index contributed by atoms with van der Waals surface area (Å²) in [4.78, 5) is 0. The quantitative estimate of drug-likeness (QED) is 0.213. The number of benzene rings is 1. The van der Waals surface area contributed by atoms with Crippen LogP contribution in [0, 0.1) is 11.6 Å². The Morgan fingerprint density at radius 1 is 0.923 bits per heavy atom. The number of hydrogen-bond acceptors (Lipinski definition) is 4. The van der Waals surface area contributed by atoms with Gasteiger partial charge in [-0.15, -0.1) is 5.12 Å². The van der Waals surface area contributed by atoms with Crippen molar-refractivity contribution < 1.29 is 35.3 Å². The molecule has 0 aliphatic rings. The second kappa shape index (κ2) is 10.2. The average molecular weight is 401 g/mol. The van der Waals surface area contributed by atoms with Crippen LogP contribution in [0.15, 0.2) is 18.2 Å². The maximum absolute atomic E-state index is 15.1. The molecule has 0 aromatic heterocycles. The van der Waals surface area contributed by atoms with Gasteiger partial charge < -0.3 is 13.3 Å². The van der Waals surface area contributed by atoms with Crippen molar-refractivity contribution in [1.29, 1.82) is 0 Å². The van der Waals surface area contributed by atoms with Gasteiger partial charge in [0, 0.05) is 19.8 Å². The van der Waals surface area contributed by atoms with Crippen molar-refractivity contribution in [3.63, 3.8) is 0 Å². The third kappa shape index (κ3) is 4.93. The molecule has 4 nitrogen and oxygen atoms in total. The van der Waals surface area contributed by atoms with E-state index in [1.54, 1.807) is 20.8 Å². The normalized spacial score (nSPS) is 12.5. The van der Waals surface area contributed by atoms with E-state index in [9.17, 15) is 13.3 Å². The number of halogens is 5. The molecule has 0 radical (unpaired) electrons. The van der Waals surface area contributed by atoms with Crippen LogP contribution in [-0.4, -0.2) is 34.3 Å². The van der Waals surface area contributed by atoms with Gasteiger partial charge in [-0.1, -0.05) is 31.3 Å². The highest BCUT2D eigenvalue weighted by Gasteiger charge is 2.70. The molecule has 0 saturated carbocycles. The number of anilines is 1. The van der Waals surface area contributed by atoms with Crippen molar-refractivity contribution in [2.45, 2.75) is 45.7 Å². The minimum Gasteiger partial charge on any atom is -0.369 e. The smallest absolute Gasteiger partial charge is 0.369 e. The lowest BCUT2D eigenvalue weighted by atomic mass is 10.3. The lowest BCUT2D eigenvalue weighted by Gasteiger charge is -2.37. The van der Waals surface area contributed by atoms with Crippen LogP contribution in [0.25, 0.3) is 0 Å². The largest absolute Gasteiger partial charge is 0.603 e. The molecule has 1 aromatic rings. The molecule has 0 amide bonds. The monoisotopic (exact) mass is 401 g/mol. The van der Waals surface area contributed by atoms with Crippen molar-refractivity contribution in [3.8, 4) is 0 Å². The van der Waals surface area contributed by atoms with Gasteiger partial charge in [-0.25, -0.2) is 8.78 Å². The van der Waals surface area contributed by atoms with Gasteiger partial charge in [-0.2, -0.15) is 8.78 Å². The highest BCUT2D eigenvalue weighted by molar-refractivity contribution is 6.64. The Balaban J connectivity index is 3.34. The van der Waals surface area contributed by atoms with E-state index in [0.29, 0.717) is 31.4 Å². The first-order valence-corrected chi connectivity index (χ1v) is 10.2. The van der Waals surface area contributed by atoms with E-state index in [4.69, 9.17) is 13.3 Å². The zero-order valence-electron chi connectivity index (χ0n) is 15.0. The van der Waals surface area contributed by atoms with E-state index in [0.717, 1.165) is 6.07 Å². The second-order valence-corrected chi connectivity index (χ2v) is 8.08. The van der Waals surface area contributed by atoms with Crippen molar-refractivity contribution in [2.75, 3.05) is 24.9 Å². The fraction of sp³-hybridized carbons (Fsp3) is 0.625. The topological polar surface area (TPSA) is 30.9 Å². The predicted molar refractivity (Wildman–Crippen MR) is 89.4 cm³/mol. The average Bonchev–Trinajstić information content (AvgIpc) is 2.62. The molecule has 0 aliphatic carbocycles. The first-order chi connectivity index (χ1) is 12.3. The summed E-state index contributed by atoms with van der Waals surface area (Å²) in [6, 6.07) is 2.32. The van der Waals surface area contributed by atoms with Crippen molar-refractivity contribution >= 4 is 14.5 Å². The lowest BCUT2D eigenvalue weighted by molar-refractivity contribution is -0.0768. The van der Waals surface area contributed by atoms with Crippen LogP contribution in [-0.2, 0) is 13.3 Å². The highest BCUT2D eigenvalue weighted by atomic mass is 28.4. The summed E-state index contributed by atoms with van der Waals surface area (Å²) >= 11 is 0. The highest BCUT2D eigenvalue weighted by Crippen LogP contribution is 2.39. The third-order valence-corrected chi connectivity index (χ3v) is 5.93. The van der Waals surface area contributed by atoms with Gasteiger partial charge in [0.05, 0.1) is 0 Å². The summed E-state index contributed by atoms with van der Waals surface area (Å²) in [5.41, 5.74) is -5.71. The Kier molecular flexibility index (Phi) is 8.94. The van der Waals surface area contributed by atoms with Gasteiger partial charge in [0.1, 0.15) is 5.69 Å². The molecule has 26 heavy (non-hydrogen) atoms. The molecule has 1 rings (SSSR count). The summed E-state index contributed by atoms with van der Waals surface area (Å²) in [5.74, 6) is -3.19. The molecular formula is C16H24F5NO3Si. The fourth-order valence-electron chi connectivity index (χ4n) is 2.01. The van der Waals surface area contributed by atoms with Crippen LogP contribution in [0.3, 0.4) is 0 Å². The van der Waals surface area contributed by atoms with Crippen LogP contribution < -0.4 is 5.12 Å². The molecule has 1 aromatic carbocycles. The zero-order chi connectivity index (χ0) is 19.8. The van der Waals surface area contributed by atoms with E-state index in [1.165, 1.54) is 0 Å². The standard InChI is InChI=1S/C16H24F5NO3Si/c1-4-10-23-26(24-11-5-2,25-12-6-3)16(19,20)22(21)14-9-7-8-13(17)15(14)18/h7-9H,4-6,10-12H2,1-3H3. The molecule has 0 aliphatic heterocycles. The van der Waals surface area contributed by atoms with E-state index < -0.39 is 36.9 Å². The molecule has 10 heteroatoms. The van der Waals surface area contributed by atoms with Crippen molar-refractivity contribution in [1.82, 2.24) is 0 Å². The molecule has 150 valence electrons. The van der Waals surface area contributed by atoms with Crippen molar-refractivity contribution in [2.24, 2.45) is 0 Å². The molecule has 0 unspecified atom stereocenters. The van der Waals surface area contributed by atoms with Gasteiger partial charge >= 0.3 is 14.5 Å². The number of rotatable bonds is 12. The van der Waals surface area contributed by atoms with Crippen LogP contribution in [0.4, 0.5) is 27.7 Å². The number of hydrogen-bond donors (Lipinski definition) is 0. The van der Waals surface area contributed by atoms with Crippen LogP contribution >= 0.6 is 0 Å². The van der Waals surface area contributed by atoms with Gasteiger partial charge in [0.15, 0.2) is 11.6 Å². The first kappa shape index (κ1) is 22.8. The van der Waals surface area contributed by atoms with Crippen LogP contribution in [0.1, 0.15) is 40.0 Å². The molecule has 0 fully saturated rings. The lowest BCUT2D eigenvalue weighted by Crippen LogP contribution is -2.67. The second-order valence-electron chi connectivity index (χ2n) is 5.50. The number of nitrogens with zero attached hydrogens (tertiary/aromatic N) is 1. The van der Waals surface area contributed by atoms with Gasteiger partial charge in [0.2, 0.25) is 0 Å². The Morgan fingerprint density at radius 2 is 1.38 bits per heavy atom. The molecule has 0 N–H and O–H groups in total. The molecule has 0 spiro atoms. The maximum Gasteiger partial charge on any atom is 0.603 e. The number of alkyl halides is 2. The van der Waals surface area contributed by atoms with E-state index in [2.05, 4.69) is 0 Å². The summed E-state index contributed by atoms with van der Waals surface area (Å²) < 4.78 is 87.5. The zero-order valence-corrected chi connectivity index (χ0v) is 16.0. The molecule has 0 atom stereocenters. The SMILES string of the molecule is CCCO[Si](OCCC)(OCCC)C(F)(F)N(F)c1cccc(F)c1F. The summed E-state index contributed by atoms with van der Waals surface area (Å²) in [6.07, 6.45) is 1.07. The summed E-state index contributed by atoms with van der Waals surface area (Å²) in [6.45, 7) is 4.56.